The van der Waals surface area contributed by atoms with Crippen LogP contribution in [0.2, 0.25) is 20.1 Å². The summed E-state index contributed by atoms with van der Waals surface area (Å²) in [4.78, 5) is 37.4. The lowest BCUT2D eigenvalue weighted by Gasteiger charge is -2.14. The van der Waals surface area contributed by atoms with E-state index in [2.05, 4.69) is 26.6 Å². The van der Waals surface area contributed by atoms with Crippen LogP contribution in [0.3, 0.4) is 0 Å². The van der Waals surface area contributed by atoms with E-state index < -0.39 is 23.0 Å². The van der Waals surface area contributed by atoms with Crippen LogP contribution in [0.1, 0.15) is 20.7 Å². The topological polar surface area (TPSA) is 95.5 Å². The Hall–Kier alpha value is -1.94. The van der Waals surface area contributed by atoms with Gasteiger partial charge in [-0.2, -0.15) is 0 Å². The number of carboxylic acids is 1. The molecule has 34 heavy (non-hydrogen) atoms. The van der Waals surface area contributed by atoms with Crippen molar-refractivity contribution in [3.05, 3.63) is 84.2 Å². The van der Waals surface area contributed by atoms with E-state index in [4.69, 9.17) is 46.4 Å². The number of aromatic carboxylic acids is 1. The van der Waals surface area contributed by atoms with E-state index in [-0.39, 0.29) is 31.8 Å². The number of rotatable bonds is 7. The number of hydrogen-bond acceptors (Lipinski definition) is 4. The molecule has 0 fully saturated rings. The monoisotopic (exact) mass is 620 g/mol. The summed E-state index contributed by atoms with van der Waals surface area (Å²) in [5.41, 5.74) is 0.0761. The van der Waals surface area contributed by atoms with Crippen molar-refractivity contribution in [3.63, 3.8) is 0 Å². The molecule has 0 aliphatic rings. The van der Waals surface area contributed by atoms with Gasteiger partial charge in [-0.1, -0.05) is 58.5 Å². The quantitative estimate of drug-likeness (QED) is 0.142. The Bertz CT molecular complexity index is 1290. The fraction of sp³-hybridized carbons (Fsp3) is 0.0455. The molecule has 0 heterocycles. The molecule has 3 rings (SSSR count). The average Bonchev–Trinajstić information content (AvgIpc) is 2.80. The Balaban J connectivity index is 1.68. The van der Waals surface area contributed by atoms with Crippen molar-refractivity contribution < 1.29 is 19.5 Å². The normalized spacial score (nSPS) is 10.6. The zero-order chi connectivity index (χ0) is 25.0. The number of carbonyl (C=O) groups excluding carboxylic acids is 2. The Morgan fingerprint density at radius 1 is 0.824 bits per heavy atom. The summed E-state index contributed by atoms with van der Waals surface area (Å²) >= 11 is 28.7. The number of carboxylic acid groups (broad SMARTS) is 1. The highest BCUT2D eigenvalue weighted by molar-refractivity contribution is 9.10. The molecule has 3 N–H and O–H groups in total. The predicted octanol–water partition coefficient (Wildman–Crippen LogP) is 7.74. The second kappa shape index (κ2) is 11.7. The van der Waals surface area contributed by atoms with Gasteiger partial charge in [0.2, 0.25) is 5.91 Å². The van der Waals surface area contributed by atoms with Crippen molar-refractivity contribution >= 4 is 103 Å². The number of anilines is 2. The van der Waals surface area contributed by atoms with Gasteiger partial charge in [0, 0.05) is 15.1 Å². The van der Waals surface area contributed by atoms with Crippen LogP contribution in [0.15, 0.2) is 57.9 Å². The summed E-state index contributed by atoms with van der Waals surface area (Å²) < 4.78 is 0.780. The van der Waals surface area contributed by atoms with Crippen molar-refractivity contribution in [2.24, 2.45) is 0 Å². The molecule has 0 aromatic heterocycles. The molecule has 0 aliphatic heterocycles. The van der Waals surface area contributed by atoms with Crippen LogP contribution in [-0.4, -0.2) is 28.6 Å². The first kappa shape index (κ1) is 26.7. The Kier molecular flexibility index (Phi) is 9.14. The summed E-state index contributed by atoms with van der Waals surface area (Å²) in [6, 6.07) is 13.9. The number of para-hydroxylation sites is 1. The lowest BCUT2D eigenvalue weighted by atomic mass is 10.1. The number of halogens is 5. The lowest BCUT2D eigenvalue weighted by molar-refractivity contribution is -0.113. The number of benzene rings is 3. The fourth-order valence-electron chi connectivity index (χ4n) is 2.77. The highest BCUT2D eigenvalue weighted by atomic mass is 79.9. The number of nitrogens with one attached hydrogen (secondary N) is 2. The van der Waals surface area contributed by atoms with E-state index in [0.29, 0.717) is 11.4 Å². The third kappa shape index (κ3) is 6.19. The molecule has 0 unspecified atom stereocenters. The maximum Gasteiger partial charge on any atom is 0.338 e. The van der Waals surface area contributed by atoms with Crippen molar-refractivity contribution in [1.29, 1.82) is 0 Å². The predicted molar refractivity (Wildman–Crippen MR) is 141 cm³/mol. The molecule has 6 nitrogen and oxygen atoms in total. The molecular formula is C22H13BrCl4N2O4S. The molecule has 2 amide bonds. The zero-order valence-electron chi connectivity index (χ0n) is 16.8. The molecule has 3 aromatic rings. The van der Waals surface area contributed by atoms with E-state index in [0.717, 1.165) is 9.37 Å². The maximum atomic E-state index is 12.8. The lowest BCUT2D eigenvalue weighted by Crippen LogP contribution is -2.18. The molecule has 0 spiro atoms. The highest BCUT2D eigenvalue weighted by Crippen LogP contribution is 2.41. The van der Waals surface area contributed by atoms with Gasteiger partial charge in [0.15, 0.2) is 0 Å². The van der Waals surface area contributed by atoms with Crippen LogP contribution in [-0.2, 0) is 4.79 Å². The zero-order valence-corrected chi connectivity index (χ0v) is 22.2. The second-order valence-corrected chi connectivity index (χ2v) is 10.0. The fourth-order valence-corrected chi connectivity index (χ4v) is 4.87. The van der Waals surface area contributed by atoms with E-state index >= 15 is 0 Å². The van der Waals surface area contributed by atoms with Gasteiger partial charge in [0.05, 0.1) is 42.7 Å². The van der Waals surface area contributed by atoms with E-state index in [1.54, 1.807) is 30.3 Å². The van der Waals surface area contributed by atoms with Gasteiger partial charge in [-0.15, -0.1) is 11.8 Å². The van der Waals surface area contributed by atoms with E-state index in [9.17, 15) is 19.5 Å². The summed E-state index contributed by atoms with van der Waals surface area (Å²) in [5.74, 6) is -2.31. The number of thioether (sulfide) groups is 1. The third-order valence-electron chi connectivity index (χ3n) is 4.34. The van der Waals surface area contributed by atoms with Crippen molar-refractivity contribution in [2.45, 2.75) is 4.90 Å². The highest BCUT2D eigenvalue weighted by Gasteiger charge is 2.28. The van der Waals surface area contributed by atoms with Crippen molar-refractivity contribution in [3.8, 4) is 0 Å². The minimum absolute atomic E-state index is 0.173. The minimum Gasteiger partial charge on any atom is -0.478 e. The molecule has 0 aliphatic carbocycles. The SMILES string of the molecule is O=C(CSc1ccc(NC(=O)c2c(Cl)c(Cl)c(Cl)c(Cl)c2C(=O)O)cc1)Nc1ccccc1Br. The van der Waals surface area contributed by atoms with Gasteiger partial charge >= 0.3 is 5.97 Å². The van der Waals surface area contributed by atoms with Crippen LogP contribution < -0.4 is 10.6 Å². The molecule has 12 heteroatoms. The largest absolute Gasteiger partial charge is 0.478 e. The van der Waals surface area contributed by atoms with Gasteiger partial charge < -0.3 is 15.7 Å². The smallest absolute Gasteiger partial charge is 0.338 e. The number of hydrogen-bond donors (Lipinski definition) is 3. The molecule has 0 saturated heterocycles. The average molecular weight is 623 g/mol. The maximum absolute atomic E-state index is 12.8. The van der Waals surface area contributed by atoms with Crippen LogP contribution in [0, 0.1) is 0 Å². The first-order valence-electron chi connectivity index (χ1n) is 9.28. The second-order valence-electron chi connectivity index (χ2n) is 6.61. The third-order valence-corrected chi connectivity index (χ3v) is 7.84. The van der Waals surface area contributed by atoms with Crippen molar-refractivity contribution in [2.75, 3.05) is 16.4 Å². The van der Waals surface area contributed by atoms with Gasteiger partial charge in [-0.3, -0.25) is 9.59 Å². The first-order valence-corrected chi connectivity index (χ1v) is 12.6. The van der Waals surface area contributed by atoms with Crippen LogP contribution in [0.4, 0.5) is 11.4 Å². The van der Waals surface area contributed by atoms with Gasteiger partial charge in [0.25, 0.3) is 5.91 Å². The molecule has 0 radical (unpaired) electrons. The van der Waals surface area contributed by atoms with E-state index in [1.165, 1.54) is 11.8 Å². The number of amides is 2. The number of carbonyl (C=O) groups is 3. The standard InChI is InChI=1S/C22H13BrCl4N2O4S/c23-12-3-1-2-4-13(12)29-14(30)9-34-11-7-5-10(6-8-11)28-21(31)15-16(22(32)33)18(25)20(27)19(26)17(15)24/h1-8H,9H2,(H,28,31)(H,29,30)(H,32,33). The molecule has 0 saturated carbocycles. The molecule has 176 valence electrons. The van der Waals surface area contributed by atoms with Crippen LogP contribution >= 0.6 is 74.1 Å². The Labute approximate surface area is 227 Å². The molecule has 3 aromatic carbocycles. The summed E-state index contributed by atoms with van der Waals surface area (Å²) in [7, 11) is 0. The summed E-state index contributed by atoms with van der Waals surface area (Å²) in [6.07, 6.45) is 0. The summed E-state index contributed by atoms with van der Waals surface area (Å²) in [5, 5.41) is 13.7. The van der Waals surface area contributed by atoms with Crippen LogP contribution in [0.25, 0.3) is 0 Å². The Morgan fingerprint density at radius 3 is 2.00 bits per heavy atom. The molecular weight excluding hydrogens is 610 g/mol. The molecule has 0 bridgehead atoms. The Morgan fingerprint density at radius 2 is 1.41 bits per heavy atom. The molecule has 0 atom stereocenters. The minimum atomic E-state index is -1.48. The van der Waals surface area contributed by atoms with Crippen LogP contribution in [0.5, 0.6) is 0 Å². The van der Waals surface area contributed by atoms with Gasteiger partial charge in [0.1, 0.15) is 0 Å². The first-order chi connectivity index (χ1) is 16.1. The summed E-state index contributed by atoms with van der Waals surface area (Å²) in [6.45, 7) is 0. The van der Waals surface area contributed by atoms with E-state index in [1.807, 2.05) is 18.2 Å². The van der Waals surface area contributed by atoms with Gasteiger partial charge in [-0.25, -0.2) is 4.79 Å². The van der Waals surface area contributed by atoms with Crippen molar-refractivity contribution in [1.82, 2.24) is 0 Å². The van der Waals surface area contributed by atoms with Gasteiger partial charge in [-0.05, 0) is 52.3 Å².